The quantitative estimate of drug-likeness (QED) is 0.782. The molecule has 0 spiro atoms. The van der Waals surface area contributed by atoms with Gasteiger partial charge in [0.15, 0.2) is 6.29 Å². The Kier molecular flexibility index (Phi) is 2.68. The Morgan fingerprint density at radius 1 is 1.40 bits per heavy atom. The summed E-state index contributed by atoms with van der Waals surface area (Å²) >= 11 is 3.24. The molecule has 0 saturated carbocycles. The maximum atomic E-state index is 10.7. The zero-order valence-electron chi connectivity index (χ0n) is 8.14. The average molecular weight is 265 g/mol. The minimum atomic E-state index is 0.554. The minimum absolute atomic E-state index is 0.554. The number of hydrogen-bond acceptors (Lipinski definition) is 2. The fourth-order valence-corrected chi connectivity index (χ4v) is 1.76. The van der Waals surface area contributed by atoms with Crippen molar-refractivity contribution in [1.29, 1.82) is 0 Å². The van der Waals surface area contributed by atoms with Crippen molar-refractivity contribution in [2.24, 2.45) is 0 Å². The van der Waals surface area contributed by atoms with Crippen molar-refractivity contribution in [2.75, 3.05) is 0 Å². The van der Waals surface area contributed by atoms with Crippen LogP contribution >= 0.6 is 15.9 Å². The fourth-order valence-electron chi connectivity index (χ4n) is 1.39. The number of nitrogens with zero attached hydrogens (tertiary/aromatic N) is 2. The molecule has 2 aromatic rings. The molecule has 0 fully saturated rings. The van der Waals surface area contributed by atoms with Gasteiger partial charge in [0.05, 0.1) is 11.3 Å². The Morgan fingerprint density at radius 2 is 2.13 bits per heavy atom. The molecule has 0 saturated heterocycles. The van der Waals surface area contributed by atoms with Crippen LogP contribution in [-0.2, 0) is 0 Å². The predicted molar refractivity (Wildman–Crippen MR) is 61.4 cm³/mol. The molecule has 2 rings (SSSR count). The van der Waals surface area contributed by atoms with Crippen LogP contribution in [0.5, 0.6) is 0 Å². The van der Waals surface area contributed by atoms with E-state index in [-0.39, 0.29) is 0 Å². The summed E-state index contributed by atoms with van der Waals surface area (Å²) in [6, 6.07) is 7.88. The highest BCUT2D eigenvalue weighted by molar-refractivity contribution is 9.10. The molecule has 0 radical (unpaired) electrons. The van der Waals surface area contributed by atoms with Gasteiger partial charge in [0, 0.05) is 6.20 Å². The van der Waals surface area contributed by atoms with E-state index in [4.69, 9.17) is 0 Å². The summed E-state index contributed by atoms with van der Waals surface area (Å²) in [6.45, 7) is 2.01. The zero-order chi connectivity index (χ0) is 10.8. The molecule has 4 heteroatoms. The van der Waals surface area contributed by atoms with E-state index in [1.165, 1.54) is 0 Å². The Labute approximate surface area is 95.9 Å². The van der Waals surface area contributed by atoms with Crippen molar-refractivity contribution in [3.63, 3.8) is 0 Å². The van der Waals surface area contributed by atoms with Gasteiger partial charge in [0.1, 0.15) is 4.60 Å². The van der Waals surface area contributed by atoms with Gasteiger partial charge < -0.3 is 0 Å². The van der Waals surface area contributed by atoms with E-state index in [9.17, 15) is 4.79 Å². The number of aromatic nitrogens is 2. The number of hydrogen-bond donors (Lipinski definition) is 0. The maximum Gasteiger partial charge on any atom is 0.154 e. The molecule has 0 amide bonds. The van der Waals surface area contributed by atoms with Gasteiger partial charge >= 0.3 is 0 Å². The van der Waals surface area contributed by atoms with Crippen LogP contribution in [0.2, 0.25) is 0 Å². The Balaban J connectivity index is 2.55. The normalized spacial score (nSPS) is 10.3. The second-order valence-electron chi connectivity index (χ2n) is 3.22. The van der Waals surface area contributed by atoms with Gasteiger partial charge in [-0.25, -0.2) is 4.68 Å². The van der Waals surface area contributed by atoms with Crippen LogP contribution in [0.25, 0.3) is 5.69 Å². The van der Waals surface area contributed by atoms with Crippen LogP contribution in [-0.4, -0.2) is 16.1 Å². The van der Waals surface area contributed by atoms with Crippen molar-refractivity contribution in [3.8, 4) is 5.69 Å². The highest BCUT2D eigenvalue weighted by Crippen LogP contribution is 2.17. The number of rotatable bonds is 2. The maximum absolute atomic E-state index is 10.7. The van der Waals surface area contributed by atoms with Crippen molar-refractivity contribution >= 4 is 22.2 Å². The molecular weight excluding hydrogens is 256 g/mol. The molecular formula is C11H9BrN2O. The fraction of sp³-hybridized carbons (Fsp3) is 0.0909. The molecule has 0 unspecified atom stereocenters. The summed E-state index contributed by atoms with van der Waals surface area (Å²) in [7, 11) is 0. The second-order valence-corrected chi connectivity index (χ2v) is 3.98. The van der Waals surface area contributed by atoms with Crippen molar-refractivity contribution in [3.05, 3.63) is 46.2 Å². The van der Waals surface area contributed by atoms with Crippen molar-refractivity contribution in [1.82, 2.24) is 9.78 Å². The number of benzene rings is 1. The van der Waals surface area contributed by atoms with Crippen LogP contribution in [0.15, 0.2) is 35.1 Å². The van der Waals surface area contributed by atoms with E-state index in [0.717, 1.165) is 17.5 Å². The van der Waals surface area contributed by atoms with Gasteiger partial charge in [-0.2, -0.15) is 5.10 Å². The molecule has 0 aliphatic carbocycles. The van der Waals surface area contributed by atoms with E-state index >= 15 is 0 Å². The van der Waals surface area contributed by atoms with Crippen LogP contribution in [0, 0.1) is 6.92 Å². The van der Waals surface area contributed by atoms with Gasteiger partial charge in [0.2, 0.25) is 0 Å². The first-order valence-electron chi connectivity index (χ1n) is 4.48. The van der Waals surface area contributed by atoms with Gasteiger partial charge in [-0.15, -0.1) is 0 Å². The van der Waals surface area contributed by atoms with Gasteiger partial charge in [-0.1, -0.05) is 18.2 Å². The van der Waals surface area contributed by atoms with E-state index < -0.39 is 0 Å². The second kappa shape index (κ2) is 3.98. The summed E-state index contributed by atoms with van der Waals surface area (Å²) in [4.78, 5) is 10.7. The third-order valence-corrected chi connectivity index (χ3v) is 2.80. The van der Waals surface area contributed by atoms with Crippen LogP contribution in [0.3, 0.4) is 0 Å². The topological polar surface area (TPSA) is 34.9 Å². The monoisotopic (exact) mass is 264 g/mol. The molecule has 3 nitrogen and oxygen atoms in total. The molecule has 15 heavy (non-hydrogen) atoms. The number of para-hydroxylation sites is 1. The Morgan fingerprint density at radius 3 is 2.73 bits per heavy atom. The van der Waals surface area contributed by atoms with Crippen molar-refractivity contribution in [2.45, 2.75) is 6.92 Å². The number of aldehydes is 1. The molecule has 0 aliphatic rings. The first-order valence-corrected chi connectivity index (χ1v) is 5.28. The lowest BCUT2D eigenvalue weighted by atomic mass is 10.2. The highest BCUT2D eigenvalue weighted by Gasteiger charge is 2.07. The van der Waals surface area contributed by atoms with Crippen molar-refractivity contribution < 1.29 is 4.79 Å². The number of carbonyl (C=O) groups is 1. The van der Waals surface area contributed by atoms with Crippen LogP contribution in [0.1, 0.15) is 15.9 Å². The smallest absolute Gasteiger partial charge is 0.154 e. The summed E-state index contributed by atoms with van der Waals surface area (Å²) in [5.74, 6) is 0. The van der Waals surface area contributed by atoms with E-state index in [0.29, 0.717) is 10.2 Å². The van der Waals surface area contributed by atoms with Gasteiger partial charge in [-0.05, 0) is 34.5 Å². The lowest BCUT2D eigenvalue weighted by molar-refractivity contribution is 0.112. The predicted octanol–water partition coefficient (Wildman–Crippen LogP) is 2.76. The van der Waals surface area contributed by atoms with E-state index in [2.05, 4.69) is 21.0 Å². The first kappa shape index (κ1) is 10.1. The summed E-state index contributed by atoms with van der Waals surface area (Å²) in [6.07, 6.45) is 2.49. The molecule has 1 heterocycles. The zero-order valence-corrected chi connectivity index (χ0v) is 9.73. The first-order chi connectivity index (χ1) is 7.22. The standard InChI is InChI=1S/C11H9BrN2O/c1-8-4-2-3-5-10(8)14-6-9(7-15)11(12)13-14/h2-7H,1H3. The minimum Gasteiger partial charge on any atom is -0.298 e. The average Bonchev–Trinajstić information content (AvgIpc) is 2.60. The van der Waals surface area contributed by atoms with Gasteiger partial charge in [-0.3, -0.25) is 4.79 Å². The van der Waals surface area contributed by atoms with Crippen LogP contribution in [0.4, 0.5) is 0 Å². The summed E-state index contributed by atoms with van der Waals surface area (Å²) < 4.78 is 2.27. The van der Waals surface area contributed by atoms with E-state index in [1.807, 2.05) is 31.2 Å². The van der Waals surface area contributed by atoms with E-state index in [1.54, 1.807) is 10.9 Å². The summed E-state index contributed by atoms with van der Waals surface area (Å²) in [5.41, 5.74) is 2.65. The third-order valence-electron chi connectivity index (χ3n) is 2.18. The number of aryl methyl sites for hydroxylation is 1. The number of carbonyl (C=O) groups excluding carboxylic acids is 1. The largest absolute Gasteiger partial charge is 0.298 e. The molecule has 1 aromatic carbocycles. The lowest BCUT2D eigenvalue weighted by Crippen LogP contribution is -1.96. The Hall–Kier alpha value is -1.42. The molecule has 0 bridgehead atoms. The molecule has 0 aliphatic heterocycles. The Bertz CT molecular complexity index is 505. The SMILES string of the molecule is Cc1ccccc1-n1cc(C=O)c(Br)n1. The molecule has 0 atom stereocenters. The number of halogens is 1. The third kappa shape index (κ3) is 1.85. The molecule has 76 valence electrons. The molecule has 0 N–H and O–H groups in total. The van der Waals surface area contributed by atoms with Crippen LogP contribution < -0.4 is 0 Å². The highest BCUT2D eigenvalue weighted by atomic mass is 79.9. The van der Waals surface area contributed by atoms with Gasteiger partial charge in [0.25, 0.3) is 0 Å². The molecule has 1 aromatic heterocycles. The summed E-state index contributed by atoms with van der Waals surface area (Å²) in [5, 5.41) is 4.21. The lowest BCUT2D eigenvalue weighted by Gasteiger charge is -2.03.